The molecule has 0 spiro atoms. The molecule has 1 heterocycles. The molecule has 148 valence electrons. The first-order chi connectivity index (χ1) is 11.7. The molecule has 0 amide bonds. The van der Waals surface area contributed by atoms with Gasteiger partial charge < -0.3 is 45.2 Å². The van der Waals surface area contributed by atoms with Gasteiger partial charge in [0.25, 0.3) is 0 Å². The third kappa shape index (κ3) is 4.15. The molecule has 1 aliphatic heterocycles. The van der Waals surface area contributed by atoms with Gasteiger partial charge in [-0.25, -0.2) is 0 Å². The van der Waals surface area contributed by atoms with Crippen molar-refractivity contribution in [2.75, 3.05) is 13.2 Å². The van der Waals surface area contributed by atoms with Crippen molar-refractivity contribution >= 4 is 0 Å². The Morgan fingerprint density at radius 1 is 0.880 bits per heavy atom. The predicted molar refractivity (Wildman–Crippen MR) is 84.5 cm³/mol. The Bertz CT molecular complexity index is 418. The van der Waals surface area contributed by atoms with Gasteiger partial charge in [0.1, 0.15) is 36.6 Å². The Balaban J connectivity index is 2.17. The largest absolute Gasteiger partial charge is 0.396 e. The average molecular weight is 366 g/mol. The molecule has 10 atom stereocenters. The molecule has 9 heteroatoms. The summed E-state index contributed by atoms with van der Waals surface area (Å²) in [6, 6.07) is 0. The van der Waals surface area contributed by atoms with Crippen LogP contribution in [0.4, 0.5) is 0 Å². The standard InChI is InChI=1S/C16H30O9/c1-6(2)15-16(14(23)12(21)9(5-18)25-15)24-8-3-7(4-17)10(19)13(22)11(8)20/h6-23H,3-5H2,1-2H3/t7-,8-,9+,10+,11?,12?,13?,14+,15?,16+/m0/s1. The highest BCUT2D eigenvalue weighted by Crippen LogP contribution is 2.33. The summed E-state index contributed by atoms with van der Waals surface area (Å²) in [7, 11) is 0. The highest BCUT2D eigenvalue weighted by Gasteiger charge is 2.50. The zero-order valence-corrected chi connectivity index (χ0v) is 14.4. The molecule has 1 aliphatic carbocycles. The first-order valence-corrected chi connectivity index (χ1v) is 8.65. The van der Waals surface area contributed by atoms with Gasteiger partial charge in [-0.15, -0.1) is 0 Å². The molecule has 2 rings (SSSR count). The van der Waals surface area contributed by atoms with Gasteiger partial charge in [0.05, 0.1) is 24.9 Å². The lowest BCUT2D eigenvalue weighted by atomic mass is 9.80. The summed E-state index contributed by atoms with van der Waals surface area (Å²) in [6.07, 6.45) is -10.4. The predicted octanol–water partition coefficient (Wildman–Crippen LogP) is -3.03. The van der Waals surface area contributed by atoms with Crippen LogP contribution in [0.25, 0.3) is 0 Å². The van der Waals surface area contributed by atoms with Crippen molar-refractivity contribution in [1.82, 2.24) is 0 Å². The molecule has 4 unspecified atom stereocenters. The molecule has 0 aromatic rings. The van der Waals surface area contributed by atoms with Crippen LogP contribution in [0.2, 0.25) is 0 Å². The summed E-state index contributed by atoms with van der Waals surface area (Å²) in [5.74, 6) is -0.802. The van der Waals surface area contributed by atoms with Crippen LogP contribution in [0.3, 0.4) is 0 Å². The maximum atomic E-state index is 10.4. The topological polar surface area (TPSA) is 160 Å². The molecule has 7 N–H and O–H groups in total. The molecule has 9 nitrogen and oxygen atoms in total. The van der Waals surface area contributed by atoms with Crippen LogP contribution in [0, 0.1) is 11.8 Å². The van der Waals surface area contributed by atoms with Gasteiger partial charge in [0, 0.05) is 12.5 Å². The smallest absolute Gasteiger partial charge is 0.113 e. The lowest BCUT2D eigenvalue weighted by Crippen LogP contribution is -2.63. The molecule has 2 aliphatic rings. The van der Waals surface area contributed by atoms with E-state index >= 15 is 0 Å². The van der Waals surface area contributed by atoms with Crippen molar-refractivity contribution in [3.8, 4) is 0 Å². The zero-order chi connectivity index (χ0) is 18.9. The molecule has 1 saturated carbocycles. The van der Waals surface area contributed by atoms with Gasteiger partial charge in [-0.1, -0.05) is 13.8 Å². The SMILES string of the molecule is CC(C)C1O[C@H](CO)C(O)[C@@H](O)[C@H]1O[C@H]1C[C@@H](CO)[C@@H](O)C(O)C1O. The highest BCUT2D eigenvalue weighted by atomic mass is 16.6. The lowest BCUT2D eigenvalue weighted by Gasteiger charge is -2.47. The van der Waals surface area contributed by atoms with Gasteiger partial charge in [-0.2, -0.15) is 0 Å². The normalized spacial score (nSPS) is 48.7. The summed E-state index contributed by atoms with van der Waals surface area (Å²) in [5.41, 5.74) is 0. The van der Waals surface area contributed by atoms with E-state index in [0.717, 1.165) is 0 Å². The fourth-order valence-corrected chi connectivity index (χ4v) is 3.61. The number of aliphatic hydroxyl groups is 7. The Morgan fingerprint density at radius 2 is 1.52 bits per heavy atom. The third-order valence-corrected chi connectivity index (χ3v) is 5.23. The number of rotatable bonds is 5. The molecule has 0 bridgehead atoms. The fourth-order valence-electron chi connectivity index (χ4n) is 3.61. The minimum Gasteiger partial charge on any atom is -0.396 e. The van der Waals surface area contributed by atoms with Crippen molar-refractivity contribution in [3.05, 3.63) is 0 Å². The molecule has 1 saturated heterocycles. The van der Waals surface area contributed by atoms with Crippen molar-refractivity contribution < 1.29 is 45.2 Å². The van der Waals surface area contributed by atoms with Crippen LogP contribution in [0.15, 0.2) is 0 Å². The van der Waals surface area contributed by atoms with Crippen LogP contribution in [-0.2, 0) is 9.47 Å². The second-order valence-electron chi connectivity index (χ2n) is 7.34. The summed E-state index contributed by atoms with van der Waals surface area (Å²) in [5, 5.41) is 69.1. The van der Waals surface area contributed by atoms with Crippen molar-refractivity contribution in [2.45, 2.75) is 75.2 Å². The summed E-state index contributed by atoms with van der Waals surface area (Å²) in [6.45, 7) is 2.80. The highest BCUT2D eigenvalue weighted by molar-refractivity contribution is 4.98. The number of hydrogen-bond acceptors (Lipinski definition) is 9. The molecule has 0 aromatic carbocycles. The zero-order valence-electron chi connectivity index (χ0n) is 14.4. The van der Waals surface area contributed by atoms with E-state index in [1.165, 1.54) is 0 Å². The van der Waals surface area contributed by atoms with Gasteiger partial charge in [0.2, 0.25) is 0 Å². The molecule has 2 fully saturated rings. The van der Waals surface area contributed by atoms with Crippen LogP contribution in [0.5, 0.6) is 0 Å². The van der Waals surface area contributed by atoms with Gasteiger partial charge >= 0.3 is 0 Å². The van der Waals surface area contributed by atoms with E-state index in [1.54, 1.807) is 0 Å². The van der Waals surface area contributed by atoms with E-state index in [9.17, 15) is 35.7 Å². The Morgan fingerprint density at radius 3 is 2.04 bits per heavy atom. The van der Waals surface area contributed by atoms with Crippen molar-refractivity contribution in [2.24, 2.45) is 11.8 Å². The van der Waals surface area contributed by atoms with Crippen LogP contribution in [-0.4, -0.2) is 104 Å². The Kier molecular flexibility index (Phi) is 7.17. The molecule has 0 aromatic heterocycles. The molecule has 25 heavy (non-hydrogen) atoms. The first kappa shape index (κ1) is 20.9. The summed E-state index contributed by atoms with van der Waals surface area (Å²) in [4.78, 5) is 0. The summed E-state index contributed by atoms with van der Waals surface area (Å²) < 4.78 is 11.4. The van der Waals surface area contributed by atoms with E-state index in [-0.39, 0.29) is 12.3 Å². The van der Waals surface area contributed by atoms with Gasteiger partial charge in [0.15, 0.2) is 0 Å². The maximum absolute atomic E-state index is 10.4. The second kappa shape index (κ2) is 8.55. The van der Waals surface area contributed by atoms with Crippen molar-refractivity contribution in [1.29, 1.82) is 0 Å². The van der Waals surface area contributed by atoms with E-state index in [4.69, 9.17) is 9.47 Å². The Labute approximate surface area is 146 Å². The number of ether oxygens (including phenoxy) is 2. The molecular weight excluding hydrogens is 336 g/mol. The van der Waals surface area contributed by atoms with Gasteiger partial charge in [-0.05, 0) is 12.3 Å². The molecule has 0 radical (unpaired) electrons. The van der Waals surface area contributed by atoms with E-state index in [0.29, 0.717) is 0 Å². The van der Waals surface area contributed by atoms with Crippen molar-refractivity contribution in [3.63, 3.8) is 0 Å². The minimum atomic E-state index is -1.50. The van der Waals surface area contributed by atoms with E-state index in [1.807, 2.05) is 13.8 Å². The maximum Gasteiger partial charge on any atom is 0.113 e. The van der Waals surface area contributed by atoms with E-state index < -0.39 is 74.1 Å². The van der Waals surface area contributed by atoms with Crippen LogP contribution >= 0.6 is 0 Å². The first-order valence-electron chi connectivity index (χ1n) is 8.65. The van der Waals surface area contributed by atoms with Gasteiger partial charge in [-0.3, -0.25) is 0 Å². The quantitative estimate of drug-likeness (QED) is 0.268. The summed E-state index contributed by atoms with van der Waals surface area (Å²) >= 11 is 0. The Hall–Kier alpha value is -0.360. The van der Waals surface area contributed by atoms with Crippen LogP contribution < -0.4 is 0 Å². The second-order valence-corrected chi connectivity index (χ2v) is 7.34. The third-order valence-electron chi connectivity index (χ3n) is 5.23. The minimum absolute atomic E-state index is 0.0729. The fraction of sp³-hybridized carbons (Fsp3) is 1.00. The van der Waals surface area contributed by atoms with Crippen LogP contribution in [0.1, 0.15) is 20.3 Å². The average Bonchev–Trinajstić information content (AvgIpc) is 2.59. The number of hydrogen-bond donors (Lipinski definition) is 7. The van der Waals surface area contributed by atoms with E-state index in [2.05, 4.69) is 0 Å². The monoisotopic (exact) mass is 366 g/mol. The lowest BCUT2D eigenvalue weighted by molar-refractivity contribution is -0.278. The number of aliphatic hydroxyl groups excluding tert-OH is 7. The molecular formula is C16H30O9.